The normalized spacial score (nSPS) is 43.2. The summed E-state index contributed by atoms with van der Waals surface area (Å²) in [6.45, 7) is -31.5. The van der Waals surface area contributed by atoms with Gasteiger partial charge in [0, 0.05) is 191 Å². The molecule has 0 spiro atoms. The molecule has 4 aromatic carbocycles. The molecule has 24 heteroatoms. The molecule has 4 fully saturated rings. The van der Waals surface area contributed by atoms with E-state index in [0.717, 1.165) is 46.0 Å². The second-order valence-corrected chi connectivity index (χ2v) is 30.1. The molecule has 8 heterocycles. The Morgan fingerprint density at radius 1 is 0.350 bits per heavy atom. The van der Waals surface area contributed by atoms with Crippen LogP contribution in [0.2, 0.25) is 0 Å². The number of hydrogen-bond acceptors (Lipinski definition) is 24. The largest absolute Gasteiger partial charge is 0.493 e. The molecular weight excluding hydrogens is 1520 g/mol. The third kappa shape index (κ3) is 23.8. The molecule has 4 saturated heterocycles. The van der Waals surface area contributed by atoms with E-state index >= 15 is 0 Å². The second kappa shape index (κ2) is 43.9. The molecule has 4 aromatic rings. The van der Waals surface area contributed by atoms with Crippen molar-refractivity contribution in [1.29, 1.82) is 0 Å². The van der Waals surface area contributed by atoms with Gasteiger partial charge in [-0.1, -0.05) is 110 Å². The summed E-state index contributed by atoms with van der Waals surface area (Å²) < 4.78 is 582. The van der Waals surface area contributed by atoms with E-state index in [-0.39, 0.29) is 118 Å². The van der Waals surface area contributed by atoms with E-state index in [4.69, 9.17) is 143 Å². The average Bonchev–Trinajstić information content (AvgIpc) is 0.672. The van der Waals surface area contributed by atoms with Crippen molar-refractivity contribution in [3.05, 3.63) is 93.0 Å². The Labute approximate surface area is 805 Å². The van der Waals surface area contributed by atoms with E-state index in [2.05, 4.69) is 0 Å². The topological polar surface area (TPSA) is 296 Å². The number of carbonyl (C=O) groups excluding carboxylic acids is 4. The van der Waals surface area contributed by atoms with Gasteiger partial charge in [0.15, 0.2) is 46.0 Å². The van der Waals surface area contributed by atoms with Gasteiger partial charge in [-0.25, -0.2) is 0 Å². The first kappa shape index (κ1) is 42.2. The summed E-state index contributed by atoms with van der Waals surface area (Å²) >= 11 is 0. The zero-order valence-corrected chi connectivity index (χ0v) is 69.4. The molecule has 120 heavy (non-hydrogen) atoms. The fraction of sp³-hybridized carbons (Fsp3) is 0.708. The van der Waals surface area contributed by atoms with Crippen molar-refractivity contribution in [2.24, 2.45) is 93.8 Å². The van der Waals surface area contributed by atoms with Crippen LogP contribution < -0.4 is 60.8 Å². The lowest BCUT2D eigenvalue weighted by molar-refractivity contribution is -0.161. The van der Waals surface area contributed by atoms with Crippen LogP contribution in [-0.2, 0) is 63.8 Å². The number of rotatable bonds is 28. The van der Waals surface area contributed by atoms with Crippen LogP contribution in [0.25, 0.3) is 0 Å². The monoisotopic (exact) mass is 1740 g/mol. The van der Waals surface area contributed by atoms with Crippen molar-refractivity contribution in [1.82, 2.24) is 19.6 Å². The third-order valence-electron chi connectivity index (χ3n) is 19.6. The molecular formula is C96H152N8O16. The van der Waals surface area contributed by atoms with Crippen LogP contribution in [-0.4, -0.2) is 201 Å². The lowest BCUT2D eigenvalue weighted by Gasteiger charge is -2.47. The predicted molar refractivity (Wildman–Crippen MR) is 471 cm³/mol. The number of esters is 4. The van der Waals surface area contributed by atoms with Crippen molar-refractivity contribution >= 4 is 23.9 Å². The number of fused-ring (bicyclic) bond motifs is 12. The van der Waals surface area contributed by atoms with Gasteiger partial charge in [0.2, 0.25) is 0 Å². The Hall–Kier alpha value is -7.16. The van der Waals surface area contributed by atoms with Crippen molar-refractivity contribution in [2.75, 3.05) is 109 Å². The van der Waals surface area contributed by atoms with E-state index < -0.39 is 326 Å². The Bertz CT molecular complexity index is 6460. The number of benzene rings is 4. The van der Waals surface area contributed by atoms with Crippen LogP contribution in [0.1, 0.15) is 315 Å². The molecule has 672 valence electrons. The number of hydrogen-bond donors (Lipinski definition) is 4. The van der Waals surface area contributed by atoms with Gasteiger partial charge in [0.25, 0.3) is 0 Å². The summed E-state index contributed by atoms with van der Waals surface area (Å²) in [5.74, 6) is -38.5. The van der Waals surface area contributed by atoms with Crippen LogP contribution in [0.3, 0.4) is 0 Å². The molecule has 12 unspecified atom stereocenters. The molecule has 8 aliphatic heterocycles. The van der Waals surface area contributed by atoms with Crippen molar-refractivity contribution in [2.45, 2.75) is 260 Å². The van der Waals surface area contributed by atoms with E-state index in [1.54, 1.807) is 55.4 Å². The summed E-state index contributed by atoms with van der Waals surface area (Å²) in [6.07, 6.45) is -25.3. The lowest BCUT2D eigenvalue weighted by Crippen LogP contribution is -2.51. The highest BCUT2D eigenvalue weighted by atomic mass is 16.6. The van der Waals surface area contributed by atoms with Crippen LogP contribution in [0.15, 0.2) is 48.5 Å². The van der Waals surface area contributed by atoms with Crippen LogP contribution in [0.5, 0.6) is 46.0 Å². The van der Waals surface area contributed by atoms with Crippen molar-refractivity contribution in [3.63, 3.8) is 0 Å². The Morgan fingerprint density at radius 2 is 0.542 bits per heavy atom. The van der Waals surface area contributed by atoms with Crippen LogP contribution in [0, 0.1) is 70.8 Å². The summed E-state index contributed by atoms with van der Waals surface area (Å²) in [7, 11) is 1.76. The quantitative estimate of drug-likeness (QED) is 0.0303. The first-order chi connectivity index (χ1) is 80.8. The van der Waals surface area contributed by atoms with Crippen molar-refractivity contribution in [3.8, 4) is 46.0 Å². The van der Waals surface area contributed by atoms with Crippen molar-refractivity contribution < 1.29 is 161 Å². The Kier molecular flexibility index (Phi) is 15.5. The minimum atomic E-state index is -4.04. The van der Waals surface area contributed by atoms with E-state index in [1.165, 1.54) is 64.8 Å². The number of ether oxygens (including phenoxy) is 12. The molecule has 0 aliphatic carbocycles. The van der Waals surface area contributed by atoms with Crippen LogP contribution in [0.4, 0.5) is 0 Å². The number of nitrogens with zero attached hydrogens (tertiary/aromatic N) is 4. The fourth-order valence-electron chi connectivity index (χ4n) is 13.9. The first-order valence-corrected chi connectivity index (χ1v) is 38.3. The van der Waals surface area contributed by atoms with Gasteiger partial charge >= 0.3 is 23.9 Å². The van der Waals surface area contributed by atoms with Gasteiger partial charge in [-0.3, -0.25) is 38.8 Å². The molecule has 0 amide bonds. The number of methoxy groups -OCH3 is 8. The summed E-state index contributed by atoms with van der Waals surface area (Å²) in [5.41, 5.74) is 23.1. The number of piperidine rings is 4. The number of nitrogens with two attached hydrogens (primary N) is 4. The van der Waals surface area contributed by atoms with Crippen LogP contribution >= 0.6 is 0 Å². The lowest BCUT2D eigenvalue weighted by atomic mass is 9.79. The minimum absolute atomic E-state index is 0.0771. The Balaban J connectivity index is 0.000000265. The maximum Gasteiger partial charge on any atom is 0.323 e. The van der Waals surface area contributed by atoms with Gasteiger partial charge in [-0.2, -0.15) is 0 Å². The second-order valence-electron chi connectivity index (χ2n) is 30.1. The predicted octanol–water partition coefficient (Wildman–Crippen LogP) is 14.3. The zero-order chi connectivity index (χ0) is 142. The highest BCUT2D eigenvalue weighted by Crippen LogP contribution is 2.50. The molecule has 16 atom stereocenters. The van der Waals surface area contributed by atoms with E-state index in [1.807, 2.05) is 0 Å². The van der Waals surface area contributed by atoms with Gasteiger partial charge in [0.1, 0.15) is 48.5 Å². The highest BCUT2D eigenvalue weighted by Gasteiger charge is 2.47. The highest BCUT2D eigenvalue weighted by molar-refractivity contribution is 5.77. The number of carbonyl (C=O) groups is 4. The van der Waals surface area contributed by atoms with Gasteiger partial charge in [0.05, 0.1) is 75.9 Å². The average molecular weight is 1740 g/mol. The molecule has 0 bridgehead atoms. The summed E-state index contributed by atoms with van der Waals surface area (Å²) in [5, 5.41) is 0. The van der Waals surface area contributed by atoms with E-state index in [0.29, 0.717) is 11.1 Å². The molecule has 8 N–H and O–H groups in total. The first-order valence-electron chi connectivity index (χ1n) is 69.3. The van der Waals surface area contributed by atoms with E-state index in [9.17, 15) is 41.1 Å². The Morgan fingerprint density at radius 3 is 0.717 bits per heavy atom. The maximum atomic E-state index is 13.6. The minimum Gasteiger partial charge on any atom is -0.493 e. The third-order valence-corrected chi connectivity index (χ3v) is 19.6. The molecule has 12 rings (SSSR count). The van der Waals surface area contributed by atoms with Gasteiger partial charge < -0.3 is 79.8 Å². The standard InChI is InChI=1S/4C24H38N2O4/c4*1-14(2)9-17-13-26-8-7-16-10-21(28-5)22(29-6)11-18(16)19(26)12-20(17)30-24(27)23(25)15(3)4/h4*10-11,14-15,17,19-20,23H,7-9,12-13,25H2,1-6H3/t4*17?,19?,20?,23-/m0000/s1/i2*3D3,4D3,5D3,12D2,13D2,15D,17D,19D,23D;2*3D3,4D3,12D2,13D2,15D,17D,19D,23D. The molecule has 8 aliphatic rings. The zero-order valence-electron chi connectivity index (χ0n) is 131. The molecule has 24 nitrogen and oxygen atoms in total. The van der Waals surface area contributed by atoms with Gasteiger partial charge in [-0.05, 0) is 192 Å². The molecule has 0 radical (unpaired) electrons. The fourth-order valence-corrected chi connectivity index (χ4v) is 13.9. The SMILES string of the molecule is [2H]C([2H])([2H])C([2H])(C([2H])([2H])[2H])[C@]([2H])(N)C(=O)OC1C([2H])([2H])C2([2H])c3cc(OC)c(OC)cc3CCN2C([2H])([2H])C1([2H])CC(C)C.[2H]C([2H])([2H])C([2H])(C([2H])([2H])[2H])[C@]([2H])(N)C(=O)OC1C([2H])([2H])C2([2H])c3cc(OC)c(OC)cc3CCN2C([2H])([2H])C1([2H])CC(C)C.[2H]C([2H])([2H])Oc1cc2c(cc1OC)C1([2H])N(CC2)C([2H])([2H])C([2H])(CC(C)C)C(OC(=O)[C@@]([2H])(N)C([2H])(C([2H])([2H])[2H])C([2H])([2H])[2H])C1([2H])[2H].[2H]C([2H])([2H])Oc1cc2c(cc1OC)C1([2H])N(CC2)C([2H])([2H])C([2H])(CC(C)C)C(OC(=O)[C@@]([2H])(N)C([2H])(C([2H])([2H])[2H])C([2H])([2H])[2H])C1([2H])[2H]. The summed E-state index contributed by atoms with van der Waals surface area (Å²) in [6, 6.07) is -16.8. The molecule has 0 saturated carbocycles. The summed E-state index contributed by atoms with van der Waals surface area (Å²) in [4.78, 5) is 57.7. The smallest absolute Gasteiger partial charge is 0.323 e. The van der Waals surface area contributed by atoms with Gasteiger partial charge in [-0.15, -0.1) is 0 Å². The maximum absolute atomic E-state index is 13.6. The molecule has 0 aromatic heterocycles.